The summed E-state index contributed by atoms with van der Waals surface area (Å²) >= 11 is 0. The summed E-state index contributed by atoms with van der Waals surface area (Å²) in [5, 5.41) is 0. The second-order valence-corrected chi connectivity index (χ2v) is 7.75. The molecule has 19 heavy (non-hydrogen) atoms. The van der Waals surface area contributed by atoms with E-state index in [1.165, 1.54) is 0 Å². The van der Waals surface area contributed by atoms with E-state index in [0.717, 1.165) is 0 Å². The lowest BCUT2D eigenvalue weighted by molar-refractivity contribution is 0.236. The van der Waals surface area contributed by atoms with Crippen molar-refractivity contribution >= 4 is 15.2 Å². The van der Waals surface area contributed by atoms with Crippen LogP contribution in [0.5, 0.6) is 0 Å². The topological polar surface area (TPSA) is 93.1 Å². The highest BCUT2D eigenvalue weighted by Gasteiger charge is 2.38. The molecule has 0 aliphatic carbocycles. The first-order chi connectivity index (χ1) is 8.54. The third-order valence-corrected chi connectivity index (χ3v) is 4.95. The van der Waals surface area contributed by atoms with E-state index in [-0.39, 0.29) is 13.2 Å². The lowest BCUT2D eigenvalue weighted by Crippen LogP contribution is -2.24. The Morgan fingerprint density at radius 3 is 1.79 bits per heavy atom. The van der Waals surface area contributed by atoms with Crippen molar-refractivity contribution in [2.75, 3.05) is 25.5 Å². The fourth-order valence-corrected chi connectivity index (χ4v) is 4.19. The molecule has 0 atom stereocenters. The van der Waals surface area contributed by atoms with Gasteiger partial charge < -0.3 is 9.79 Å². The van der Waals surface area contributed by atoms with E-state index >= 15 is 0 Å². The Morgan fingerprint density at radius 2 is 1.47 bits per heavy atom. The van der Waals surface area contributed by atoms with Crippen molar-refractivity contribution in [2.45, 2.75) is 0 Å². The van der Waals surface area contributed by atoms with Crippen LogP contribution in [-0.4, -0.2) is 35.3 Å². The predicted molar refractivity (Wildman–Crippen MR) is 72.1 cm³/mol. The average Bonchev–Trinajstić information content (AvgIpc) is 2.19. The summed E-state index contributed by atoms with van der Waals surface area (Å²) in [4.78, 5) is 17.8. The number of hydrogen-bond acceptors (Lipinski definition) is 4. The van der Waals surface area contributed by atoms with Crippen LogP contribution in [0.15, 0.2) is 0 Å². The maximum absolute atomic E-state index is 12.3. The van der Waals surface area contributed by atoms with Crippen LogP contribution in [0, 0.1) is 44.0 Å². The molecule has 0 aromatic carbocycles. The molecular formula is C11H16O6P2. The molecule has 0 heterocycles. The fraction of sp³-hybridized carbons (Fsp3) is 0.455. The zero-order valence-electron chi connectivity index (χ0n) is 10.3. The van der Waals surface area contributed by atoms with Gasteiger partial charge in [-0.05, 0) is 19.3 Å². The van der Waals surface area contributed by atoms with E-state index < -0.39 is 32.9 Å². The Labute approximate surface area is 113 Å². The summed E-state index contributed by atoms with van der Waals surface area (Å²) in [5.41, 5.74) is -1.45. The molecule has 0 rings (SSSR count). The standard InChI is InChI=1S/C11H16O6P2/c1-5-7-16-19(15,17-8-6-2)10-11(3,4)9-18(12,13)14/h1-2H,3-4,7-10H2,(H2,12,13,14). The van der Waals surface area contributed by atoms with Crippen LogP contribution in [0.1, 0.15) is 0 Å². The summed E-state index contributed by atoms with van der Waals surface area (Å²) < 4.78 is 33.0. The minimum atomic E-state index is -4.36. The average molecular weight is 306 g/mol. The minimum absolute atomic E-state index is 0.284. The van der Waals surface area contributed by atoms with Gasteiger partial charge in [-0.2, -0.15) is 0 Å². The Bertz CT molecular complexity index is 443. The molecule has 0 aromatic rings. The molecule has 0 fully saturated rings. The highest BCUT2D eigenvalue weighted by Crippen LogP contribution is 2.54. The zero-order chi connectivity index (χ0) is 15.2. The van der Waals surface area contributed by atoms with Crippen LogP contribution >= 0.6 is 15.2 Å². The highest BCUT2D eigenvalue weighted by molar-refractivity contribution is 7.54. The monoisotopic (exact) mass is 306 g/mol. The largest absolute Gasteiger partial charge is 0.333 e. The highest BCUT2D eigenvalue weighted by atomic mass is 31.2. The first-order valence-corrected chi connectivity index (χ1v) is 8.56. The third kappa shape index (κ3) is 9.03. The third-order valence-electron chi connectivity index (χ3n) is 1.76. The van der Waals surface area contributed by atoms with Gasteiger partial charge in [-0.1, -0.05) is 11.8 Å². The normalized spacial score (nSPS) is 12.7. The number of hydrogen-bond donors (Lipinski definition) is 2. The molecule has 0 amide bonds. The summed E-state index contributed by atoms with van der Waals surface area (Å²) in [7, 11) is -8.08. The Balaban J connectivity index is 4.90. The number of terminal acetylenes is 2. The van der Waals surface area contributed by atoms with Gasteiger partial charge in [0.05, 0.1) is 12.3 Å². The van der Waals surface area contributed by atoms with E-state index in [1.54, 1.807) is 0 Å². The first-order valence-electron chi connectivity index (χ1n) is 5.04. The van der Waals surface area contributed by atoms with Gasteiger partial charge in [0.2, 0.25) is 0 Å². The van der Waals surface area contributed by atoms with Gasteiger partial charge in [0.1, 0.15) is 13.2 Å². The van der Waals surface area contributed by atoms with Crippen molar-refractivity contribution in [3.05, 3.63) is 13.8 Å². The Kier molecular flexibility index (Phi) is 7.05. The smallest absolute Gasteiger partial charge is 0.324 e. The second-order valence-electron chi connectivity index (χ2n) is 4.05. The lowest BCUT2D eigenvalue weighted by atomic mass is 10.0. The van der Waals surface area contributed by atoms with Crippen LogP contribution < -0.4 is 0 Å². The molecule has 0 saturated heterocycles. The van der Waals surface area contributed by atoms with Crippen LogP contribution in [0.4, 0.5) is 0 Å². The van der Waals surface area contributed by atoms with E-state index in [9.17, 15) is 9.13 Å². The predicted octanol–water partition coefficient (Wildman–Crippen LogP) is 1.31. The molecule has 6 nitrogen and oxygen atoms in total. The van der Waals surface area contributed by atoms with E-state index in [0.29, 0.717) is 0 Å². The zero-order valence-corrected chi connectivity index (χ0v) is 12.1. The maximum Gasteiger partial charge on any atom is 0.333 e. The van der Waals surface area contributed by atoms with E-state index in [1.807, 2.05) is 0 Å². The molecule has 2 N–H and O–H groups in total. The van der Waals surface area contributed by atoms with Crippen molar-refractivity contribution in [3.63, 3.8) is 0 Å². The summed E-state index contributed by atoms with van der Waals surface area (Å²) in [5.74, 6) is 4.23. The van der Waals surface area contributed by atoms with Crippen molar-refractivity contribution in [1.29, 1.82) is 0 Å². The number of rotatable bonds is 8. The maximum atomic E-state index is 12.3. The van der Waals surface area contributed by atoms with Gasteiger partial charge in [0.25, 0.3) is 0 Å². The molecular weight excluding hydrogens is 290 g/mol. The van der Waals surface area contributed by atoms with Crippen molar-refractivity contribution in [1.82, 2.24) is 0 Å². The first kappa shape index (κ1) is 18.4. The van der Waals surface area contributed by atoms with Gasteiger partial charge in [0.15, 0.2) is 0 Å². The van der Waals surface area contributed by atoms with Gasteiger partial charge in [-0.15, -0.1) is 12.8 Å². The van der Waals surface area contributed by atoms with E-state index in [2.05, 4.69) is 25.7 Å². The Morgan fingerprint density at radius 1 is 1.05 bits per heavy atom. The lowest BCUT2D eigenvalue weighted by Gasteiger charge is -2.28. The minimum Gasteiger partial charge on any atom is -0.324 e. The van der Waals surface area contributed by atoms with Crippen LogP contribution in [0.3, 0.4) is 0 Å². The molecule has 0 bridgehead atoms. The Hall–Kier alpha value is -0.580. The van der Waals surface area contributed by atoms with Crippen LogP contribution in [-0.2, 0) is 18.2 Å². The van der Waals surface area contributed by atoms with Crippen molar-refractivity contribution in [3.8, 4) is 24.7 Å². The van der Waals surface area contributed by atoms with Crippen LogP contribution in [0.25, 0.3) is 0 Å². The second kappa shape index (κ2) is 7.27. The molecule has 0 aliphatic rings. The van der Waals surface area contributed by atoms with Gasteiger partial charge >= 0.3 is 15.2 Å². The van der Waals surface area contributed by atoms with Gasteiger partial charge in [0, 0.05) is 0 Å². The molecule has 0 aromatic heterocycles. The molecule has 0 aliphatic heterocycles. The van der Waals surface area contributed by atoms with Crippen molar-refractivity contribution in [2.24, 2.45) is 5.41 Å². The van der Waals surface area contributed by atoms with Gasteiger partial charge in [-0.25, -0.2) is 0 Å². The summed E-state index contributed by atoms with van der Waals surface area (Å²) in [6.07, 6.45) is 8.89. The molecule has 0 spiro atoms. The SMILES string of the molecule is C#CCOP(=O)(CC([CH2])([CH2])CP(=O)(O)O)OCC#C. The molecule has 2 radical (unpaired) electrons. The van der Waals surface area contributed by atoms with Crippen LogP contribution in [0.2, 0.25) is 0 Å². The van der Waals surface area contributed by atoms with Crippen molar-refractivity contribution < 1.29 is 28.0 Å². The summed E-state index contributed by atoms with van der Waals surface area (Å²) in [6, 6.07) is 0. The molecule has 8 heteroatoms. The fourth-order valence-electron chi connectivity index (χ4n) is 1.30. The molecule has 0 unspecified atom stereocenters. The quantitative estimate of drug-likeness (QED) is 0.519. The van der Waals surface area contributed by atoms with Gasteiger partial charge in [-0.3, -0.25) is 18.2 Å². The molecule has 0 saturated carbocycles. The van der Waals surface area contributed by atoms with E-state index in [4.69, 9.17) is 31.7 Å². The summed E-state index contributed by atoms with van der Waals surface area (Å²) in [6.45, 7) is 6.47. The molecule has 106 valence electrons.